The molecule has 1 aromatic rings. The zero-order chi connectivity index (χ0) is 14.5. The second-order valence-corrected chi connectivity index (χ2v) is 6.80. The Morgan fingerprint density at radius 1 is 1.42 bits per heavy atom. The monoisotopic (exact) mass is 305 g/mol. The van der Waals surface area contributed by atoms with Crippen LogP contribution in [0.5, 0.6) is 5.75 Å². The Bertz CT molecular complexity index is 517. The first kappa shape index (κ1) is 16.3. The molecule has 6 heteroatoms. The maximum Gasteiger partial charge on any atom is 0.209 e. The topological polar surface area (TPSA) is 69.4 Å². The van der Waals surface area contributed by atoms with Crippen LogP contribution in [-0.2, 0) is 10.0 Å². The van der Waals surface area contributed by atoms with Crippen LogP contribution in [0.4, 0.5) is 0 Å². The van der Waals surface area contributed by atoms with Crippen LogP contribution in [0.2, 0.25) is 5.02 Å². The Kier molecular flexibility index (Phi) is 6.10. The lowest BCUT2D eigenvalue weighted by Crippen LogP contribution is -2.27. The van der Waals surface area contributed by atoms with Crippen molar-refractivity contribution in [3.8, 4) is 5.75 Å². The van der Waals surface area contributed by atoms with Crippen molar-refractivity contribution in [2.45, 2.75) is 26.7 Å². The van der Waals surface area contributed by atoms with Crippen LogP contribution in [0.1, 0.15) is 25.3 Å². The maximum absolute atomic E-state index is 11.1. The molecule has 0 saturated heterocycles. The Morgan fingerprint density at radius 2 is 2.11 bits per heavy atom. The number of ether oxygens (including phenoxy) is 1. The van der Waals surface area contributed by atoms with Gasteiger partial charge in [0.2, 0.25) is 10.0 Å². The third-order valence-electron chi connectivity index (χ3n) is 2.78. The second-order valence-electron chi connectivity index (χ2n) is 4.71. The average Bonchev–Trinajstić information content (AvgIpc) is 2.26. The van der Waals surface area contributed by atoms with Crippen LogP contribution >= 0.6 is 11.6 Å². The normalized spacial score (nSPS) is 13.3. The van der Waals surface area contributed by atoms with Gasteiger partial charge >= 0.3 is 0 Å². The van der Waals surface area contributed by atoms with Gasteiger partial charge in [-0.3, -0.25) is 0 Å². The fourth-order valence-electron chi connectivity index (χ4n) is 1.93. The summed E-state index contributed by atoms with van der Waals surface area (Å²) in [6.45, 7) is 4.24. The zero-order valence-corrected chi connectivity index (χ0v) is 12.8. The second kappa shape index (κ2) is 7.12. The number of rotatable bonds is 7. The molecule has 0 heterocycles. The Morgan fingerprint density at radius 3 is 2.63 bits per heavy atom. The zero-order valence-electron chi connectivity index (χ0n) is 11.2. The molecule has 0 bridgehead atoms. The number of aryl methyl sites for hydroxylation is 1. The molecule has 0 aliphatic rings. The summed E-state index contributed by atoms with van der Waals surface area (Å²) in [5, 5.41) is 5.74. The predicted molar refractivity (Wildman–Crippen MR) is 78.1 cm³/mol. The molecule has 2 N–H and O–H groups in total. The molecule has 0 spiro atoms. The van der Waals surface area contributed by atoms with Crippen molar-refractivity contribution in [2.75, 3.05) is 12.4 Å². The maximum atomic E-state index is 11.1. The molecule has 1 atom stereocenters. The minimum Gasteiger partial charge on any atom is -0.493 e. The lowest BCUT2D eigenvalue weighted by atomic mass is 10.1. The highest BCUT2D eigenvalue weighted by molar-refractivity contribution is 7.89. The molecule has 0 saturated carbocycles. The Balaban J connectivity index is 2.65. The molecule has 1 rings (SSSR count). The fraction of sp³-hybridized carbons (Fsp3) is 0.538. The van der Waals surface area contributed by atoms with Crippen molar-refractivity contribution in [3.63, 3.8) is 0 Å². The van der Waals surface area contributed by atoms with Gasteiger partial charge < -0.3 is 4.74 Å². The van der Waals surface area contributed by atoms with E-state index in [2.05, 4.69) is 0 Å². The standard InChI is InChI=1S/C13H20ClNO3S/c1-3-4-11(9-19(15,16)17)8-18-13-6-5-12(14)7-10(13)2/h5-7,11H,3-4,8-9H2,1-2H3,(H2,15,16,17). The molecule has 1 aromatic carbocycles. The van der Waals surface area contributed by atoms with Crippen LogP contribution in [0, 0.1) is 12.8 Å². The highest BCUT2D eigenvalue weighted by Gasteiger charge is 2.16. The largest absolute Gasteiger partial charge is 0.493 e. The smallest absolute Gasteiger partial charge is 0.209 e. The SMILES string of the molecule is CCCC(COc1ccc(Cl)cc1C)CS(N)(=O)=O. The van der Waals surface area contributed by atoms with Crippen molar-refractivity contribution < 1.29 is 13.2 Å². The lowest BCUT2D eigenvalue weighted by Gasteiger charge is -2.17. The van der Waals surface area contributed by atoms with Crippen LogP contribution in [0.15, 0.2) is 18.2 Å². The summed E-state index contributed by atoms with van der Waals surface area (Å²) in [5.41, 5.74) is 0.929. The molecule has 19 heavy (non-hydrogen) atoms. The molecular formula is C13H20ClNO3S. The molecule has 1 unspecified atom stereocenters. The van der Waals surface area contributed by atoms with E-state index in [1.807, 2.05) is 19.9 Å². The average molecular weight is 306 g/mol. The summed E-state index contributed by atoms with van der Waals surface area (Å²) in [7, 11) is -3.47. The summed E-state index contributed by atoms with van der Waals surface area (Å²) in [6.07, 6.45) is 1.66. The first-order valence-corrected chi connectivity index (χ1v) is 8.30. The van der Waals surface area contributed by atoms with Gasteiger partial charge in [0.25, 0.3) is 0 Å². The molecule has 0 aliphatic carbocycles. The molecule has 0 amide bonds. The molecule has 0 aliphatic heterocycles. The number of hydrogen-bond donors (Lipinski definition) is 1. The predicted octanol–water partition coefficient (Wildman–Crippen LogP) is 2.73. The van der Waals surface area contributed by atoms with E-state index in [-0.39, 0.29) is 11.7 Å². The summed E-state index contributed by atoms with van der Waals surface area (Å²) >= 11 is 5.87. The van der Waals surface area contributed by atoms with Crippen molar-refractivity contribution >= 4 is 21.6 Å². The number of sulfonamides is 1. The van der Waals surface area contributed by atoms with E-state index in [0.29, 0.717) is 11.6 Å². The first-order valence-electron chi connectivity index (χ1n) is 6.21. The van der Waals surface area contributed by atoms with Gasteiger partial charge in [-0.25, -0.2) is 13.6 Å². The van der Waals surface area contributed by atoms with Crippen LogP contribution < -0.4 is 9.88 Å². The Labute approximate surface area is 120 Å². The van der Waals surface area contributed by atoms with Crippen LogP contribution in [0.25, 0.3) is 0 Å². The summed E-state index contributed by atoms with van der Waals surface area (Å²) in [4.78, 5) is 0. The highest BCUT2D eigenvalue weighted by Crippen LogP contribution is 2.23. The van der Waals surface area contributed by atoms with Crippen molar-refractivity contribution in [1.82, 2.24) is 0 Å². The van der Waals surface area contributed by atoms with Crippen molar-refractivity contribution in [2.24, 2.45) is 11.1 Å². The van der Waals surface area contributed by atoms with Crippen molar-refractivity contribution in [1.29, 1.82) is 0 Å². The highest BCUT2D eigenvalue weighted by atomic mass is 35.5. The van der Waals surface area contributed by atoms with E-state index >= 15 is 0 Å². The lowest BCUT2D eigenvalue weighted by molar-refractivity contribution is 0.251. The van der Waals surface area contributed by atoms with E-state index in [4.69, 9.17) is 21.5 Å². The Hall–Kier alpha value is -0.780. The van der Waals surface area contributed by atoms with Gasteiger partial charge in [0.1, 0.15) is 5.75 Å². The molecule has 0 radical (unpaired) electrons. The molecular weight excluding hydrogens is 286 g/mol. The molecule has 4 nitrogen and oxygen atoms in total. The van der Waals surface area contributed by atoms with E-state index in [0.717, 1.165) is 24.2 Å². The van der Waals surface area contributed by atoms with Gasteiger partial charge in [-0.05, 0) is 37.1 Å². The fourth-order valence-corrected chi connectivity index (χ4v) is 3.08. The van der Waals surface area contributed by atoms with E-state index in [1.54, 1.807) is 12.1 Å². The number of hydrogen-bond acceptors (Lipinski definition) is 3. The number of primary sulfonamides is 1. The van der Waals surface area contributed by atoms with E-state index in [1.165, 1.54) is 0 Å². The quantitative estimate of drug-likeness (QED) is 0.842. The molecule has 108 valence electrons. The summed E-state index contributed by atoms with van der Waals surface area (Å²) in [5.74, 6) is 0.586. The van der Waals surface area contributed by atoms with Crippen LogP contribution in [-0.4, -0.2) is 20.8 Å². The first-order chi connectivity index (χ1) is 8.81. The molecule has 0 aromatic heterocycles. The van der Waals surface area contributed by atoms with Gasteiger partial charge in [-0.15, -0.1) is 0 Å². The van der Waals surface area contributed by atoms with Gasteiger partial charge in [-0.1, -0.05) is 24.9 Å². The third kappa shape index (κ3) is 6.27. The van der Waals surface area contributed by atoms with Gasteiger partial charge in [-0.2, -0.15) is 0 Å². The van der Waals surface area contributed by atoms with Crippen LogP contribution in [0.3, 0.4) is 0 Å². The van der Waals surface area contributed by atoms with Gasteiger partial charge in [0.05, 0.1) is 12.4 Å². The summed E-state index contributed by atoms with van der Waals surface area (Å²) < 4.78 is 28.0. The minimum atomic E-state index is -3.47. The third-order valence-corrected chi connectivity index (χ3v) is 3.95. The number of benzene rings is 1. The van der Waals surface area contributed by atoms with Crippen molar-refractivity contribution in [3.05, 3.63) is 28.8 Å². The number of halogens is 1. The number of nitrogens with two attached hydrogens (primary N) is 1. The van der Waals surface area contributed by atoms with Gasteiger partial charge in [0, 0.05) is 10.9 Å². The minimum absolute atomic E-state index is 0.0481. The van der Waals surface area contributed by atoms with Gasteiger partial charge in [0.15, 0.2) is 0 Å². The molecule has 0 fully saturated rings. The van der Waals surface area contributed by atoms with E-state index < -0.39 is 10.0 Å². The summed E-state index contributed by atoms with van der Waals surface area (Å²) in [6, 6.07) is 5.35. The van der Waals surface area contributed by atoms with E-state index in [9.17, 15) is 8.42 Å².